The molecule has 0 aliphatic carbocycles. The summed E-state index contributed by atoms with van der Waals surface area (Å²) in [5.41, 5.74) is 0. The second-order valence-electron chi connectivity index (χ2n) is 3.72. The van der Waals surface area contributed by atoms with Gasteiger partial charge in [-0.3, -0.25) is 0 Å². The van der Waals surface area contributed by atoms with E-state index < -0.39 is 0 Å². The van der Waals surface area contributed by atoms with E-state index in [1.54, 1.807) is 16.8 Å². The zero-order chi connectivity index (χ0) is 10.0. The van der Waals surface area contributed by atoms with Crippen molar-refractivity contribution in [3.63, 3.8) is 0 Å². The van der Waals surface area contributed by atoms with Gasteiger partial charge in [0.25, 0.3) is 0 Å². The van der Waals surface area contributed by atoms with Gasteiger partial charge in [-0.05, 0) is 13.8 Å². The Bertz CT molecular complexity index is 238. The molecule has 0 aromatic rings. The first-order valence-corrected chi connectivity index (χ1v) is 4.47. The third-order valence-corrected chi connectivity index (χ3v) is 2.41. The molecule has 0 aromatic heterocycles. The summed E-state index contributed by atoms with van der Waals surface area (Å²) in [5.74, 6) is 0.0458. The van der Waals surface area contributed by atoms with Crippen molar-refractivity contribution >= 4 is 6.03 Å². The highest BCUT2D eigenvalue weighted by atomic mass is 16.2. The highest BCUT2D eigenvalue weighted by Crippen LogP contribution is 2.16. The van der Waals surface area contributed by atoms with Gasteiger partial charge in [0, 0.05) is 26.2 Å². The third-order valence-electron chi connectivity index (χ3n) is 2.41. The van der Waals surface area contributed by atoms with E-state index in [1.165, 1.54) is 0 Å². The van der Waals surface area contributed by atoms with Crippen molar-refractivity contribution in [3.05, 3.63) is 0 Å². The zero-order valence-electron chi connectivity index (χ0n) is 8.32. The molecule has 0 N–H and O–H groups in total. The lowest BCUT2D eigenvalue weighted by Crippen LogP contribution is -2.54. The molecule has 4 nitrogen and oxygen atoms in total. The van der Waals surface area contributed by atoms with E-state index >= 15 is 0 Å². The quantitative estimate of drug-likeness (QED) is 0.603. The molecule has 1 rings (SSSR count). The maximum absolute atomic E-state index is 11.6. The highest BCUT2D eigenvalue weighted by Gasteiger charge is 2.32. The lowest BCUT2D eigenvalue weighted by atomic mass is 10.0. The molecule has 0 spiro atoms. The molecule has 0 aromatic carbocycles. The van der Waals surface area contributed by atoms with Gasteiger partial charge in [-0.25, -0.2) is 4.79 Å². The summed E-state index contributed by atoms with van der Waals surface area (Å²) in [6, 6.07) is 2.39. The normalized spacial score (nSPS) is 16.7. The van der Waals surface area contributed by atoms with E-state index in [-0.39, 0.29) is 18.0 Å². The average Bonchev–Trinajstić information content (AvgIpc) is 2.00. The second kappa shape index (κ2) is 3.65. The minimum absolute atomic E-state index is 0.0292. The van der Waals surface area contributed by atoms with Crippen LogP contribution in [0.3, 0.4) is 0 Å². The number of carbonyl (C=O) groups is 1. The summed E-state index contributed by atoms with van der Waals surface area (Å²) < 4.78 is 0. The Morgan fingerprint density at radius 1 is 1.62 bits per heavy atom. The number of nitrogens with zero attached hydrogens (tertiary/aromatic N) is 3. The first-order valence-electron chi connectivity index (χ1n) is 4.47. The Morgan fingerprint density at radius 2 is 2.15 bits per heavy atom. The third kappa shape index (κ3) is 1.92. The largest absolute Gasteiger partial charge is 0.325 e. The van der Waals surface area contributed by atoms with Gasteiger partial charge in [0.1, 0.15) is 0 Å². The minimum Gasteiger partial charge on any atom is -0.325 e. The monoisotopic (exact) mass is 181 g/mol. The molecule has 0 saturated carbocycles. The Labute approximate surface area is 78.7 Å². The molecule has 13 heavy (non-hydrogen) atoms. The van der Waals surface area contributed by atoms with Gasteiger partial charge in [0.05, 0.1) is 12.0 Å². The number of nitriles is 1. The molecular weight excluding hydrogens is 166 g/mol. The van der Waals surface area contributed by atoms with Crippen LogP contribution in [0.2, 0.25) is 0 Å². The first kappa shape index (κ1) is 9.85. The van der Waals surface area contributed by atoms with Gasteiger partial charge in [-0.1, -0.05) is 0 Å². The van der Waals surface area contributed by atoms with Crippen LogP contribution in [0, 0.1) is 17.2 Å². The molecule has 1 saturated heterocycles. The molecule has 0 atom stereocenters. The highest BCUT2D eigenvalue weighted by molar-refractivity contribution is 5.75. The topological polar surface area (TPSA) is 47.3 Å². The number of likely N-dealkylation sites (tertiary alicyclic amines) is 1. The zero-order valence-corrected chi connectivity index (χ0v) is 8.32. The Morgan fingerprint density at radius 3 is 2.54 bits per heavy atom. The molecule has 72 valence electrons. The predicted octanol–water partition coefficient (Wildman–Crippen LogP) is 0.902. The number of amides is 2. The molecule has 0 bridgehead atoms. The van der Waals surface area contributed by atoms with Crippen molar-refractivity contribution in [3.8, 4) is 6.07 Å². The number of urea groups is 1. The van der Waals surface area contributed by atoms with E-state index in [2.05, 4.69) is 6.07 Å². The Hall–Kier alpha value is -1.24. The number of carbonyl (C=O) groups excluding carboxylic acids is 1. The minimum atomic E-state index is 0.0292. The van der Waals surface area contributed by atoms with Crippen molar-refractivity contribution < 1.29 is 4.79 Å². The summed E-state index contributed by atoms with van der Waals surface area (Å²) in [6.07, 6.45) is 0. The summed E-state index contributed by atoms with van der Waals surface area (Å²) in [7, 11) is 1.78. The van der Waals surface area contributed by atoms with Crippen LogP contribution in [-0.4, -0.2) is 42.0 Å². The van der Waals surface area contributed by atoms with Crippen LogP contribution in [0.4, 0.5) is 4.79 Å². The van der Waals surface area contributed by atoms with Crippen LogP contribution in [0.1, 0.15) is 13.8 Å². The summed E-state index contributed by atoms with van der Waals surface area (Å²) in [5, 5.41) is 8.53. The predicted molar refractivity (Wildman–Crippen MR) is 49.0 cm³/mol. The van der Waals surface area contributed by atoms with Gasteiger partial charge in [-0.15, -0.1) is 0 Å². The van der Waals surface area contributed by atoms with Crippen LogP contribution < -0.4 is 0 Å². The van der Waals surface area contributed by atoms with Crippen LogP contribution in [-0.2, 0) is 0 Å². The molecular formula is C9H15N3O. The van der Waals surface area contributed by atoms with Crippen molar-refractivity contribution in [1.29, 1.82) is 5.26 Å². The van der Waals surface area contributed by atoms with Crippen molar-refractivity contribution in [2.24, 2.45) is 5.92 Å². The second-order valence-corrected chi connectivity index (χ2v) is 3.72. The lowest BCUT2D eigenvalue weighted by Gasteiger charge is -2.38. The average molecular weight is 181 g/mol. The molecule has 1 aliphatic rings. The van der Waals surface area contributed by atoms with Crippen LogP contribution in [0.15, 0.2) is 0 Å². The molecule has 2 amide bonds. The van der Waals surface area contributed by atoms with Gasteiger partial charge >= 0.3 is 6.03 Å². The molecule has 4 heteroatoms. The van der Waals surface area contributed by atoms with E-state index in [4.69, 9.17) is 5.26 Å². The van der Waals surface area contributed by atoms with Gasteiger partial charge in [0.15, 0.2) is 0 Å². The fourth-order valence-electron chi connectivity index (χ4n) is 1.16. The molecule has 0 unspecified atom stereocenters. The van der Waals surface area contributed by atoms with Gasteiger partial charge in [-0.2, -0.15) is 5.26 Å². The van der Waals surface area contributed by atoms with E-state index in [0.717, 1.165) is 0 Å². The Kier molecular flexibility index (Phi) is 2.76. The molecule has 0 radical (unpaired) electrons. The first-order chi connectivity index (χ1) is 6.06. The van der Waals surface area contributed by atoms with Crippen LogP contribution in [0.25, 0.3) is 0 Å². The van der Waals surface area contributed by atoms with Crippen molar-refractivity contribution in [2.45, 2.75) is 19.9 Å². The number of hydrogen-bond donors (Lipinski definition) is 0. The fourth-order valence-corrected chi connectivity index (χ4v) is 1.16. The molecule has 1 aliphatic heterocycles. The van der Waals surface area contributed by atoms with Crippen molar-refractivity contribution in [1.82, 2.24) is 9.80 Å². The van der Waals surface area contributed by atoms with Gasteiger partial charge < -0.3 is 9.80 Å². The van der Waals surface area contributed by atoms with Gasteiger partial charge in [0.2, 0.25) is 0 Å². The number of hydrogen-bond acceptors (Lipinski definition) is 2. The number of rotatable bonds is 1. The molecule has 1 fully saturated rings. The smallest absolute Gasteiger partial charge is 0.320 e. The fraction of sp³-hybridized carbons (Fsp3) is 0.778. The van der Waals surface area contributed by atoms with Crippen molar-refractivity contribution in [2.75, 3.05) is 20.1 Å². The Balaban J connectivity index is 2.40. The maximum Gasteiger partial charge on any atom is 0.320 e. The SMILES string of the molecule is CC(C)N(C)C(=O)N1CC(C#N)C1. The lowest BCUT2D eigenvalue weighted by molar-refractivity contribution is 0.108. The van der Waals surface area contributed by atoms with E-state index in [9.17, 15) is 4.79 Å². The standard InChI is InChI=1S/C9H15N3O/c1-7(2)11(3)9(13)12-5-8(4-10)6-12/h7-8H,5-6H2,1-3H3. The van der Waals surface area contributed by atoms with E-state index in [0.29, 0.717) is 13.1 Å². The van der Waals surface area contributed by atoms with Crippen LogP contribution >= 0.6 is 0 Å². The van der Waals surface area contributed by atoms with E-state index in [1.807, 2.05) is 13.8 Å². The summed E-state index contributed by atoms with van der Waals surface area (Å²) in [4.78, 5) is 15.0. The van der Waals surface area contributed by atoms with Crippen LogP contribution in [0.5, 0.6) is 0 Å². The molecule has 1 heterocycles. The summed E-state index contributed by atoms with van der Waals surface area (Å²) in [6.45, 7) is 5.12. The maximum atomic E-state index is 11.6. The summed E-state index contributed by atoms with van der Waals surface area (Å²) >= 11 is 0.